The molecule has 1 amide bonds. The van der Waals surface area contributed by atoms with Crippen LogP contribution in [0.15, 0.2) is 41.6 Å². The van der Waals surface area contributed by atoms with Crippen LogP contribution < -0.4 is 5.69 Å². The number of nitrogens with zero attached hydrogens (tertiary/aromatic N) is 4. The smallest absolute Gasteiger partial charge is 0.328 e. The maximum atomic E-state index is 13.8. The second-order valence-electron chi connectivity index (χ2n) is 6.46. The summed E-state index contributed by atoms with van der Waals surface area (Å²) in [6, 6.07) is 6.13. The van der Waals surface area contributed by atoms with E-state index in [9.17, 15) is 14.0 Å². The van der Waals surface area contributed by atoms with Crippen LogP contribution in [-0.4, -0.2) is 43.4 Å². The third-order valence-corrected chi connectivity index (χ3v) is 4.79. The topological polar surface area (TPSA) is 83.9 Å². The molecular weight excluding hydrogens is 337 g/mol. The summed E-state index contributed by atoms with van der Waals surface area (Å²) in [5.41, 5.74) is 1.25. The van der Waals surface area contributed by atoms with E-state index in [0.717, 1.165) is 12.8 Å². The first-order valence-electron chi connectivity index (χ1n) is 8.55. The molecule has 1 aliphatic heterocycles. The van der Waals surface area contributed by atoms with Crippen molar-refractivity contribution in [3.63, 3.8) is 0 Å². The number of rotatable bonds is 3. The van der Waals surface area contributed by atoms with Crippen molar-refractivity contribution < 1.29 is 9.18 Å². The van der Waals surface area contributed by atoms with Gasteiger partial charge < -0.3 is 9.88 Å². The third kappa shape index (κ3) is 2.98. The van der Waals surface area contributed by atoms with Crippen molar-refractivity contribution in [1.29, 1.82) is 0 Å². The summed E-state index contributed by atoms with van der Waals surface area (Å²) in [5, 5.41) is 0. The van der Waals surface area contributed by atoms with E-state index in [1.165, 1.54) is 12.4 Å². The number of likely N-dealkylation sites (tertiary alicyclic amines) is 1. The van der Waals surface area contributed by atoms with Crippen LogP contribution in [0.4, 0.5) is 4.39 Å². The van der Waals surface area contributed by atoms with Crippen LogP contribution in [0.25, 0.3) is 11.2 Å². The summed E-state index contributed by atoms with van der Waals surface area (Å²) in [5.74, 6) is -0.513. The molecule has 26 heavy (non-hydrogen) atoms. The lowest BCUT2D eigenvalue weighted by atomic mass is 10.0. The Balaban J connectivity index is 1.56. The van der Waals surface area contributed by atoms with Gasteiger partial charge in [0, 0.05) is 13.1 Å². The van der Waals surface area contributed by atoms with E-state index in [4.69, 9.17) is 0 Å². The van der Waals surface area contributed by atoms with Crippen molar-refractivity contribution in [3.05, 3.63) is 58.7 Å². The van der Waals surface area contributed by atoms with Gasteiger partial charge in [-0.3, -0.25) is 9.36 Å². The van der Waals surface area contributed by atoms with E-state index >= 15 is 0 Å². The monoisotopic (exact) mass is 355 g/mol. The van der Waals surface area contributed by atoms with Gasteiger partial charge in [0.15, 0.2) is 5.65 Å². The molecule has 1 fully saturated rings. The summed E-state index contributed by atoms with van der Waals surface area (Å²) in [7, 11) is 0. The number of halogens is 1. The summed E-state index contributed by atoms with van der Waals surface area (Å²) >= 11 is 0. The summed E-state index contributed by atoms with van der Waals surface area (Å²) in [4.78, 5) is 37.5. The van der Waals surface area contributed by atoms with Crippen LogP contribution in [0.3, 0.4) is 0 Å². The molecule has 7 nitrogen and oxygen atoms in total. The number of nitrogens with one attached hydrogen (secondary N) is 1. The molecule has 0 bridgehead atoms. The van der Waals surface area contributed by atoms with Crippen molar-refractivity contribution in [3.8, 4) is 0 Å². The fourth-order valence-corrected chi connectivity index (χ4v) is 3.52. The maximum absolute atomic E-state index is 13.8. The quantitative estimate of drug-likeness (QED) is 0.775. The Morgan fingerprint density at radius 1 is 1.35 bits per heavy atom. The minimum Gasteiger partial charge on any atom is -0.340 e. The normalized spacial score (nSPS) is 17.6. The number of hydrogen-bond acceptors (Lipinski definition) is 4. The molecular formula is C18H18FN5O2. The highest BCUT2D eigenvalue weighted by atomic mass is 19.1. The Morgan fingerprint density at radius 2 is 2.19 bits per heavy atom. The fourth-order valence-electron chi connectivity index (χ4n) is 3.52. The highest BCUT2D eigenvalue weighted by molar-refractivity contribution is 5.79. The fraction of sp³-hybridized carbons (Fsp3) is 0.333. The molecule has 134 valence electrons. The van der Waals surface area contributed by atoms with Gasteiger partial charge in [0.2, 0.25) is 5.91 Å². The van der Waals surface area contributed by atoms with Gasteiger partial charge >= 0.3 is 5.69 Å². The van der Waals surface area contributed by atoms with Gasteiger partial charge in [0.05, 0.1) is 18.7 Å². The zero-order chi connectivity index (χ0) is 18.1. The average Bonchev–Trinajstić information content (AvgIpc) is 2.99. The number of carbonyl (C=O) groups excluding carboxylic acids is 1. The molecule has 0 unspecified atom stereocenters. The number of benzene rings is 1. The molecule has 1 aliphatic rings. The van der Waals surface area contributed by atoms with Gasteiger partial charge in [-0.25, -0.2) is 19.2 Å². The Hall–Kier alpha value is -3.03. The van der Waals surface area contributed by atoms with E-state index in [-0.39, 0.29) is 29.9 Å². The van der Waals surface area contributed by atoms with Crippen LogP contribution in [-0.2, 0) is 11.2 Å². The van der Waals surface area contributed by atoms with Gasteiger partial charge in [-0.05, 0) is 24.5 Å². The van der Waals surface area contributed by atoms with Gasteiger partial charge in [-0.2, -0.15) is 0 Å². The number of H-pyrrole nitrogens is 1. The first-order valence-corrected chi connectivity index (χ1v) is 8.55. The van der Waals surface area contributed by atoms with Crippen LogP contribution in [0.5, 0.6) is 0 Å². The Labute approximate surface area is 148 Å². The molecule has 4 rings (SSSR count). The van der Waals surface area contributed by atoms with Gasteiger partial charge in [0.25, 0.3) is 0 Å². The third-order valence-electron chi connectivity index (χ3n) is 4.79. The second-order valence-corrected chi connectivity index (χ2v) is 6.46. The predicted molar refractivity (Wildman–Crippen MR) is 93.1 cm³/mol. The standard InChI is InChI=1S/C18H18FN5O2/c19-14-6-2-1-4-12(14)8-16(25)23-7-3-5-13(10-23)24-17-15(22-18(24)26)9-20-11-21-17/h1-2,4,6,9,11,13H,3,5,7-8,10H2,(H,22,26)/t13-/m1/s1. The molecule has 3 aromatic rings. The number of fused-ring (bicyclic) bond motifs is 1. The molecule has 1 saturated heterocycles. The van der Waals surface area contributed by atoms with Crippen molar-refractivity contribution in [2.75, 3.05) is 13.1 Å². The number of amides is 1. The van der Waals surface area contributed by atoms with Crippen LogP contribution >= 0.6 is 0 Å². The molecule has 0 radical (unpaired) electrons. The minimum atomic E-state index is -0.376. The largest absolute Gasteiger partial charge is 0.340 e. The molecule has 0 aliphatic carbocycles. The minimum absolute atomic E-state index is 0.0182. The Morgan fingerprint density at radius 3 is 3.04 bits per heavy atom. The molecule has 1 N–H and O–H groups in total. The second kappa shape index (κ2) is 6.70. The highest BCUT2D eigenvalue weighted by Gasteiger charge is 2.27. The summed E-state index contributed by atoms with van der Waals surface area (Å²) in [6.07, 6.45) is 4.53. The number of imidazole rings is 1. The molecule has 2 aromatic heterocycles. The number of aromatic nitrogens is 4. The van der Waals surface area contributed by atoms with Gasteiger partial charge in [-0.1, -0.05) is 18.2 Å². The zero-order valence-electron chi connectivity index (χ0n) is 14.1. The van der Waals surface area contributed by atoms with Crippen molar-refractivity contribution in [2.24, 2.45) is 0 Å². The van der Waals surface area contributed by atoms with E-state index in [0.29, 0.717) is 29.8 Å². The number of carbonyl (C=O) groups is 1. The van der Waals surface area contributed by atoms with Crippen LogP contribution in [0, 0.1) is 5.82 Å². The lowest BCUT2D eigenvalue weighted by molar-refractivity contribution is -0.132. The summed E-state index contributed by atoms with van der Waals surface area (Å²) in [6.45, 7) is 1.01. The first kappa shape index (κ1) is 16.4. The zero-order valence-corrected chi connectivity index (χ0v) is 14.1. The number of aromatic amines is 1. The molecule has 3 heterocycles. The number of piperidine rings is 1. The van der Waals surface area contributed by atoms with E-state index < -0.39 is 0 Å². The van der Waals surface area contributed by atoms with Crippen molar-refractivity contribution >= 4 is 17.1 Å². The molecule has 8 heteroatoms. The molecule has 0 saturated carbocycles. The number of hydrogen-bond donors (Lipinski definition) is 1. The van der Waals surface area contributed by atoms with E-state index in [1.54, 1.807) is 33.9 Å². The summed E-state index contributed by atoms with van der Waals surface area (Å²) < 4.78 is 15.4. The molecule has 1 aromatic carbocycles. The highest BCUT2D eigenvalue weighted by Crippen LogP contribution is 2.23. The molecule has 0 spiro atoms. The predicted octanol–water partition coefficient (Wildman–Crippen LogP) is 1.66. The van der Waals surface area contributed by atoms with E-state index in [1.807, 2.05) is 0 Å². The molecule has 1 atom stereocenters. The van der Waals surface area contributed by atoms with Crippen LogP contribution in [0.2, 0.25) is 0 Å². The van der Waals surface area contributed by atoms with Crippen molar-refractivity contribution in [2.45, 2.75) is 25.3 Å². The first-order chi connectivity index (χ1) is 12.6. The SMILES string of the molecule is O=C(Cc1ccccc1F)N1CCC[C@@H](n2c(=O)[nH]c3cncnc32)C1. The maximum Gasteiger partial charge on any atom is 0.328 e. The Kier molecular flexibility index (Phi) is 4.24. The lowest BCUT2D eigenvalue weighted by Crippen LogP contribution is -2.43. The van der Waals surface area contributed by atoms with Gasteiger partial charge in [-0.15, -0.1) is 0 Å². The van der Waals surface area contributed by atoms with Crippen LogP contribution in [0.1, 0.15) is 24.4 Å². The van der Waals surface area contributed by atoms with E-state index in [2.05, 4.69) is 15.0 Å². The average molecular weight is 355 g/mol. The van der Waals surface area contributed by atoms with Gasteiger partial charge in [0.1, 0.15) is 17.7 Å². The lowest BCUT2D eigenvalue weighted by Gasteiger charge is -2.33. The Bertz CT molecular complexity index is 1010. The van der Waals surface area contributed by atoms with Crippen molar-refractivity contribution in [1.82, 2.24) is 24.4 Å².